The zero-order chi connectivity index (χ0) is 10.3. The minimum atomic E-state index is -0.749. The van der Waals surface area contributed by atoms with Gasteiger partial charge in [-0.25, -0.2) is 0 Å². The fraction of sp³-hybridized carbons (Fsp3) is 0.818. The standard InChI is InChI=1S/C11H16O3/c1-11-7(3-2-4-9(11)13)5-8(12)6-10(11)14/h7,10,14H,2-6H2,1H3. The molecular formula is C11H16O3. The van der Waals surface area contributed by atoms with Crippen molar-refractivity contribution in [2.75, 3.05) is 0 Å². The number of rotatable bonds is 0. The molecule has 1 N–H and O–H groups in total. The van der Waals surface area contributed by atoms with Crippen LogP contribution in [0.25, 0.3) is 0 Å². The molecule has 3 nitrogen and oxygen atoms in total. The predicted molar refractivity (Wildman–Crippen MR) is 50.7 cm³/mol. The van der Waals surface area contributed by atoms with Crippen LogP contribution in [0.5, 0.6) is 0 Å². The Balaban J connectivity index is 2.31. The molecule has 78 valence electrons. The number of aliphatic hydroxyl groups excluding tert-OH is 1. The third kappa shape index (κ3) is 1.22. The fourth-order valence-corrected chi connectivity index (χ4v) is 2.86. The summed E-state index contributed by atoms with van der Waals surface area (Å²) >= 11 is 0. The average molecular weight is 196 g/mol. The van der Waals surface area contributed by atoms with Crippen molar-refractivity contribution in [3.63, 3.8) is 0 Å². The molecule has 2 aliphatic rings. The Morgan fingerprint density at radius 3 is 2.79 bits per heavy atom. The van der Waals surface area contributed by atoms with Crippen molar-refractivity contribution in [2.45, 2.75) is 45.1 Å². The lowest BCUT2D eigenvalue weighted by molar-refractivity contribution is -0.153. The van der Waals surface area contributed by atoms with Crippen molar-refractivity contribution in [2.24, 2.45) is 11.3 Å². The summed E-state index contributed by atoms with van der Waals surface area (Å²) in [5.74, 6) is 0.337. The van der Waals surface area contributed by atoms with Gasteiger partial charge in [-0.05, 0) is 25.7 Å². The average Bonchev–Trinajstić information content (AvgIpc) is 2.11. The van der Waals surface area contributed by atoms with Gasteiger partial charge >= 0.3 is 0 Å². The van der Waals surface area contributed by atoms with Crippen LogP contribution in [0.1, 0.15) is 39.0 Å². The van der Waals surface area contributed by atoms with Gasteiger partial charge in [0.15, 0.2) is 0 Å². The van der Waals surface area contributed by atoms with Crippen molar-refractivity contribution in [3.05, 3.63) is 0 Å². The molecule has 0 aromatic heterocycles. The summed E-state index contributed by atoms with van der Waals surface area (Å²) in [6, 6.07) is 0. The second kappa shape index (κ2) is 3.16. The second-order valence-electron chi connectivity index (χ2n) is 4.76. The highest BCUT2D eigenvalue weighted by atomic mass is 16.3. The number of aliphatic hydroxyl groups is 1. The summed E-state index contributed by atoms with van der Waals surface area (Å²) in [5, 5.41) is 9.86. The molecule has 0 aromatic carbocycles. The summed E-state index contributed by atoms with van der Waals surface area (Å²) in [4.78, 5) is 23.1. The molecule has 0 bridgehead atoms. The van der Waals surface area contributed by atoms with Crippen molar-refractivity contribution < 1.29 is 14.7 Å². The first-order valence-corrected chi connectivity index (χ1v) is 5.28. The Bertz CT molecular complexity index is 284. The fourth-order valence-electron chi connectivity index (χ4n) is 2.86. The monoisotopic (exact) mass is 196 g/mol. The van der Waals surface area contributed by atoms with Crippen LogP contribution in [0.15, 0.2) is 0 Å². The topological polar surface area (TPSA) is 54.4 Å². The highest BCUT2D eigenvalue weighted by Gasteiger charge is 2.52. The molecule has 2 aliphatic carbocycles. The van der Waals surface area contributed by atoms with E-state index in [1.165, 1.54) is 0 Å². The minimum absolute atomic E-state index is 0.0833. The van der Waals surface area contributed by atoms with Crippen LogP contribution < -0.4 is 0 Å². The number of carbonyl (C=O) groups is 2. The van der Waals surface area contributed by atoms with Gasteiger partial charge in [-0.3, -0.25) is 9.59 Å². The number of hydrogen-bond donors (Lipinski definition) is 1. The van der Waals surface area contributed by atoms with Crippen LogP contribution in [-0.2, 0) is 9.59 Å². The van der Waals surface area contributed by atoms with Crippen LogP contribution in [0, 0.1) is 11.3 Å². The molecule has 3 unspecified atom stereocenters. The molecule has 0 saturated heterocycles. The Kier molecular flexibility index (Phi) is 2.22. The highest BCUT2D eigenvalue weighted by molar-refractivity contribution is 5.90. The van der Waals surface area contributed by atoms with Crippen LogP contribution in [0.2, 0.25) is 0 Å². The number of carbonyl (C=O) groups excluding carboxylic acids is 2. The normalized spacial score (nSPS) is 43.6. The van der Waals surface area contributed by atoms with E-state index in [2.05, 4.69) is 0 Å². The zero-order valence-corrected chi connectivity index (χ0v) is 8.45. The Hall–Kier alpha value is -0.700. The largest absolute Gasteiger partial charge is 0.392 e. The summed E-state index contributed by atoms with van der Waals surface area (Å²) in [6.07, 6.45) is 2.25. The Labute approximate surface area is 83.5 Å². The van der Waals surface area contributed by atoms with Gasteiger partial charge in [-0.2, -0.15) is 0 Å². The van der Waals surface area contributed by atoms with Crippen LogP contribution in [0.3, 0.4) is 0 Å². The lowest BCUT2D eigenvalue weighted by Crippen LogP contribution is -2.52. The lowest BCUT2D eigenvalue weighted by Gasteiger charge is -2.46. The molecule has 2 rings (SSSR count). The Morgan fingerprint density at radius 2 is 2.07 bits per heavy atom. The van der Waals surface area contributed by atoms with E-state index in [0.717, 1.165) is 12.8 Å². The molecule has 3 heteroatoms. The number of hydrogen-bond acceptors (Lipinski definition) is 3. The van der Waals surface area contributed by atoms with Gasteiger partial charge in [-0.15, -0.1) is 0 Å². The number of Topliss-reactive ketones (excluding diaryl/α,β-unsaturated/α-hetero) is 2. The third-order valence-corrected chi connectivity index (χ3v) is 3.99. The first-order chi connectivity index (χ1) is 6.55. The molecule has 14 heavy (non-hydrogen) atoms. The van der Waals surface area contributed by atoms with Gasteiger partial charge < -0.3 is 5.11 Å². The zero-order valence-electron chi connectivity index (χ0n) is 8.45. The number of fused-ring (bicyclic) bond motifs is 1. The molecule has 0 aromatic rings. The highest BCUT2D eigenvalue weighted by Crippen LogP contribution is 2.47. The third-order valence-electron chi connectivity index (χ3n) is 3.99. The molecule has 2 saturated carbocycles. The predicted octanol–water partition coefficient (Wildman–Crippen LogP) is 1.09. The van der Waals surface area contributed by atoms with Crippen LogP contribution in [0.4, 0.5) is 0 Å². The van der Waals surface area contributed by atoms with Gasteiger partial charge in [0, 0.05) is 19.3 Å². The number of ketones is 2. The summed E-state index contributed by atoms with van der Waals surface area (Å²) in [5.41, 5.74) is -0.633. The molecule has 0 aliphatic heterocycles. The first kappa shape index (κ1) is 9.84. The molecule has 0 amide bonds. The summed E-state index contributed by atoms with van der Waals surface area (Å²) in [7, 11) is 0. The molecule has 0 radical (unpaired) electrons. The van der Waals surface area contributed by atoms with Crippen molar-refractivity contribution in [3.8, 4) is 0 Å². The van der Waals surface area contributed by atoms with E-state index in [4.69, 9.17) is 0 Å². The minimum Gasteiger partial charge on any atom is -0.392 e. The molecule has 0 heterocycles. The first-order valence-electron chi connectivity index (χ1n) is 5.28. The smallest absolute Gasteiger partial charge is 0.141 e. The maximum Gasteiger partial charge on any atom is 0.141 e. The lowest BCUT2D eigenvalue weighted by atomic mass is 9.58. The quantitative estimate of drug-likeness (QED) is 0.631. The van der Waals surface area contributed by atoms with E-state index in [0.29, 0.717) is 12.8 Å². The van der Waals surface area contributed by atoms with Gasteiger partial charge in [0.25, 0.3) is 0 Å². The van der Waals surface area contributed by atoms with Crippen LogP contribution >= 0.6 is 0 Å². The van der Waals surface area contributed by atoms with Gasteiger partial charge in [-0.1, -0.05) is 0 Å². The van der Waals surface area contributed by atoms with E-state index in [1.807, 2.05) is 6.92 Å². The SMILES string of the molecule is CC12C(=O)CCCC1CC(=O)CC2O. The Morgan fingerprint density at radius 1 is 1.36 bits per heavy atom. The molecule has 0 spiro atoms. The van der Waals surface area contributed by atoms with Gasteiger partial charge in [0.2, 0.25) is 0 Å². The van der Waals surface area contributed by atoms with E-state index < -0.39 is 11.5 Å². The van der Waals surface area contributed by atoms with Crippen molar-refractivity contribution in [1.82, 2.24) is 0 Å². The van der Waals surface area contributed by atoms with Crippen molar-refractivity contribution in [1.29, 1.82) is 0 Å². The van der Waals surface area contributed by atoms with Crippen LogP contribution in [-0.4, -0.2) is 22.8 Å². The maximum absolute atomic E-state index is 11.8. The van der Waals surface area contributed by atoms with Crippen molar-refractivity contribution >= 4 is 11.6 Å². The van der Waals surface area contributed by atoms with E-state index in [1.54, 1.807) is 0 Å². The molecule has 3 atom stereocenters. The van der Waals surface area contributed by atoms with Gasteiger partial charge in [0.1, 0.15) is 11.6 Å². The van der Waals surface area contributed by atoms with E-state index in [-0.39, 0.29) is 23.9 Å². The molecule has 2 fully saturated rings. The second-order valence-corrected chi connectivity index (χ2v) is 4.76. The van der Waals surface area contributed by atoms with E-state index in [9.17, 15) is 14.7 Å². The maximum atomic E-state index is 11.8. The summed E-state index contributed by atoms with van der Waals surface area (Å²) < 4.78 is 0. The van der Waals surface area contributed by atoms with E-state index >= 15 is 0 Å². The van der Waals surface area contributed by atoms with Gasteiger partial charge in [0.05, 0.1) is 11.5 Å². The summed E-state index contributed by atoms with van der Waals surface area (Å²) in [6.45, 7) is 1.83. The molecular weight excluding hydrogens is 180 g/mol.